The lowest BCUT2D eigenvalue weighted by molar-refractivity contribution is 0.0919. The van der Waals surface area contributed by atoms with E-state index in [1.807, 2.05) is 48.7 Å². The molecule has 0 saturated heterocycles. The number of para-hydroxylation sites is 1. The molecule has 3 N–H and O–H groups in total. The van der Waals surface area contributed by atoms with Gasteiger partial charge in [-0.1, -0.05) is 30.4 Å². The number of hydrogen-bond acceptors (Lipinski definition) is 7. The number of amides is 1. The number of nitrogens with one attached hydrogen (secondary N) is 2. The third-order valence-corrected chi connectivity index (χ3v) is 4.84. The number of benzene rings is 2. The Morgan fingerprint density at radius 1 is 1.26 bits per heavy atom. The summed E-state index contributed by atoms with van der Waals surface area (Å²) in [6, 6.07) is 12.2. The molecular weight excluding hydrogens is 418 g/mol. The van der Waals surface area contributed by atoms with E-state index in [-0.39, 0.29) is 29.8 Å². The second kappa shape index (κ2) is 10.2. The number of carbonyl (C=O) groups is 2. The number of fused-ring (bicyclic) bond motifs is 1. The number of hydroxylamine groups is 1. The van der Waals surface area contributed by atoms with Gasteiger partial charge >= 0.3 is 0 Å². The number of nitrogens with zero attached hydrogens (tertiary/aromatic N) is 1. The van der Waals surface area contributed by atoms with E-state index >= 15 is 0 Å². The zero-order valence-electron chi connectivity index (χ0n) is 17.2. The summed E-state index contributed by atoms with van der Waals surface area (Å²) in [4.78, 5) is 25.8. The third kappa shape index (κ3) is 5.26. The van der Waals surface area contributed by atoms with Crippen LogP contribution in [0.2, 0.25) is 0 Å². The highest BCUT2D eigenvalue weighted by atomic mass is 32.1. The minimum absolute atomic E-state index is 0.0131. The van der Waals surface area contributed by atoms with Gasteiger partial charge in [0.2, 0.25) is 0 Å². The van der Waals surface area contributed by atoms with Gasteiger partial charge in [-0.3, -0.25) is 20.3 Å². The van der Waals surface area contributed by atoms with Crippen LogP contribution in [0.5, 0.6) is 5.75 Å². The highest BCUT2D eigenvalue weighted by molar-refractivity contribution is 7.80. The zero-order chi connectivity index (χ0) is 22.4. The predicted molar refractivity (Wildman–Crippen MR) is 120 cm³/mol. The first-order valence-corrected chi connectivity index (χ1v) is 9.95. The molecule has 0 bridgehead atoms. The van der Waals surface area contributed by atoms with Crippen molar-refractivity contribution in [2.75, 3.05) is 27.2 Å². The standard InChI is InChI=1S/C22H23N3O5S/c1-25(2)12-18-16-5-3-4-6-19(16)30-20(18)21(27)23-9-10-29-15-8-7-14(13-26)17(11-15)22(31)24-28/h3-8,11,13,28H,9-10,12H2,1-2H3,(H,23,27)(H,24,31). The third-order valence-electron chi connectivity index (χ3n) is 4.53. The maximum atomic E-state index is 12.7. The van der Waals surface area contributed by atoms with Crippen LogP contribution in [0.1, 0.15) is 32.0 Å². The van der Waals surface area contributed by atoms with Crippen LogP contribution in [-0.2, 0) is 6.54 Å². The maximum absolute atomic E-state index is 12.7. The highest BCUT2D eigenvalue weighted by Gasteiger charge is 2.20. The Balaban J connectivity index is 1.65. The Kier molecular flexibility index (Phi) is 7.35. The molecule has 0 unspecified atom stereocenters. The van der Waals surface area contributed by atoms with Gasteiger partial charge in [0.1, 0.15) is 22.9 Å². The van der Waals surface area contributed by atoms with Crippen molar-refractivity contribution in [2.45, 2.75) is 6.54 Å². The number of hydrogen-bond donors (Lipinski definition) is 3. The molecule has 3 aromatic rings. The summed E-state index contributed by atoms with van der Waals surface area (Å²) in [5, 5.41) is 12.7. The normalized spacial score (nSPS) is 10.8. The van der Waals surface area contributed by atoms with Crippen molar-refractivity contribution < 1.29 is 24.0 Å². The van der Waals surface area contributed by atoms with Crippen molar-refractivity contribution in [1.82, 2.24) is 15.7 Å². The fourth-order valence-electron chi connectivity index (χ4n) is 3.15. The summed E-state index contributed by atoms with van der Waals surface area (Å²) in [6.45, 7) is 1.000. The lowest BCUT2D eigenvalue weighted by Crippen LogP contribution is -2.29. The number of carbonyl (C=O) groups excluding carboxylic acids is 2. The Hall–Kier alpha value is -3.27. The second-order valence-electron chi connectivity index (χ2n) is 7.06. The van der Waals surface area contributed by atoms with Gasteiger partial charge in [-0.2, -0.15) is 0 Å². The number of furan rings is 1. The highest BCUT2D eigenvalue weighted by Crippen LogP contribution is 2.26. The molecule has 0 aliphatic rings. The largest absolute Gasteiger partial charge is 0.492 e. The van der Waals surface area contributed by atoms with Crippen LogP contribution in [-0.4, -0.2) is 54.5 Å². The van der Waals surface area contributed by atoms with Crippen LogP contribution in [0, 0.1) is 0 Å². The molecule has 0 radical (unpaired) electrons. The Bertz CT molecular complexity index is 1110. The molecule has 162 valence electrons. The molecule has 1 amide bonds. The quantitative estimate of drug-likeness (QED) is 0.202. The van der Waals surface area contributed by atoms with Crippen LogP contribution >= 0.6 is 12.2 Å². The maximum Gasteiger partial charge on any atom is 0.287 e. The average Bonchev–Trinajstić information content (AvgIpc) is 3.13. The van der Waals surface area contributed by atoms with Crippen LogP contribution in [0.15, 0.2) is 46.9 Å². The Morgan fingerprint density at radius 2 is 2.03 bits per heavy atom. The first kappa shape index (κ1) is 22.4. The van der Waals surface area contributed by atoms with Crippen molar-refractivity contribution in [3.63, 3.8) is 0 Å². The molecule has 8 nitrogen and oxygen atoms in total. The fourth-order valence-corrected chi connectivity index (χ4v) is 3.33. The predicted octanol–water partition coefficient (Wildman–Crippen LogP) is 2.77. The molecule has 0 aliphatic carbocycles. The van der Waals surface area contributed by atoms with E-state index in [1.165, 1.54) is 0 Å². The number of aldehydes is 1. The van der Waals surface area contributed by atoms with Gasteiger partial charge in [0, 0.05) is 28.6 Å². The van der Waals surface area contributed by atoms with Gasteiger partial charge in [0.05, 0.1) is 6.54 Å². The smallest absolute Gasteiger partial charge is 0.287 e. The molecule has 0 atom stereocenters. The SMILES string of the molecule is CN(C)Cc1c(C(=O)NCCOc2ccc(C=O)c(C(=S)NO)c2)oc2ccccc12. The average molecular weight is 442 g/mol. The van der Waals surface area contributed by atoms with Gasteiger partial charge in [0.25, 0.3) is 5.91 Å². The van der Waals surface area contributed by atoms with Crippen molar-refractivity contribution >= 4 is 40.4 Å². The van der Waals surface area contributed by atoms with Gasteiger partial charge in [0.15, 0.2) is 12.0 Å². The minimum Gasteiger partial charge on any atom is -0.492 e. The van der Waals surface area contributed by atoms with Crippen molar-refractivity contribution in [1.29, 1.82) is 0 Å². The van der Waals surface area contributed by atoms with E-state index < -0.39 is 0 Å². The molecule has 31 heavy (non-hydrogen) atoms. The van der Waals surface area contributed by atoms with Crippen molar-refractivity contribution in [2.24, 2.45) is 0 Å². The van der Waals surface area contributed by atoms with Gasteiger partial charge in [-0.15, -0.1) is 0 Å². The first-order valence-electron chi connectivity index (χ1n) is 9.54. The van der Waals surface area contributed by atoms with Gasteiger partial charge in [-0.05, 0) is 38.4 Å². The minimum atomic E-state index is -0.320. The number of rotatable bonds is 9. The molecule has 0 spiro atoms. The van der Waals surface area contributed by atoms with E-state index in [1.54, 1.807) is 18.2 Å². The Labute approximate surface area is 184 Å². The number of ether oxygens (including phenoxy) is 1. The van der Waals surface area contributed by atoms with E-state index in [2.05, 4.69) is 5.32 Å². The molecule has 3 rings (SSSR count). The molecular formula is C22H23N3O5S. The molecule has 9 heteroatoms. The van der Waals surface area contributed by atoms with E-state index in [9.17, 15) is 9.59 Å². The molecule has 2 aromatic carbocycles. The summed E-state index contributed by atoms with van der Waals surface area (Å²) in [5.41, 5.74) is 4.03. The van der Waals surface area contributed by atoms with Gasteiger partial charge < -0.3 is 19.4 Å². The Morgan fingerprint density at radius 3 is 2.74 bits per heavy atom. The van der Waals surface area contributed by atoms with Gasteiger partial charge in [-0.25, -0.2) is 0 Å². The van der Waals surface area contributed by atoms with E-state index in [0.717, 1.165) is 10.9 Å². The van der Waals surface area contributed by atoms with Crippen LogP contribution in [0.4, 0.5) is 0 Å². The summed E-state index contributed by atoms with van der Waals surface area (Å²) in [5.74, 6) is 0.413. The monoisotopic (exact) mass is 441 g/mol. The molecule has 1 heterocycles. The molecule has 0 saturated carbocycles. The number of thiocarbonyl (C=S) groups is 1. The van der Waals surface area contributed by atoms with E-state index in [4.69, 9.17) is 26.6 Å². The van der Waals surface area contributed by atoms with Crippen LogP contribution in [0.3, 0.4) is 0 Å². The summed E-state index contributed by atoms with van der Waals surface area (Å²) < 4.78 is 11.4. The first-order chi connectivity index (χ1) is 14.9. The molecule has 1 aromatic heterocycles. The summed E-state index contributed by atoms with van der Waals surface area (Å²) in [6.07, 6.45) is 0.641. The lowest BCUT2D eigenvalue weighted by atomic mass is 10.1. The summed E-state index contributed by atoms with van der Waals surface area (Å²) >= 11 is 4.98. The molecule has 0 aliphatic heterocycles. The fraction of sp³-hybridized carbons (Fsp3) is 0.227. The topological polar surface area (TPSA) is 104 Å². The van der Waals surface area contributed by atoms with Crippen LogP contribution < -0.4 is 15.5 Å². The molecule has 0 fully saturated rings. The second-order valence-corrected chi connectivity index (χ2v) is 7.46. The van der Waals surface area contributed by atoms with Crippen molar-refractivity contribution in [3.05, 3.63) is 64.9 Å². The summed E-state index contributed by atoms with van der Waals surface area (Å²) in [7, 11) is 3.86. The lowest BCUT2D eigenvalue weighted by Gasteiger charge is -2.12. The van der Waals surface area contributed by atoms with Crippen LogP contribution in [0.25, 0.3) is 11.0 Å². The zero-order valence-corrected chi connectivity index (χ0v) is 18.0. The van der Waals surface area contributed by atoms with E-state index in [0.29, 0.717) is 35.3 Å². The van der Waals surface area contributed by atoms with Crippen molar-refractivity contribution in [3.8, 4) is 5.75 Å².